The van der Waals surface area contributed by atoms with Crippen LogP contribution in [0.25, 0.3) is 10.9 Å². The fourth-order valence-corrected chi connectivity index (χ4v) is 5.08. The van der Waals surface area contributed by atoms with Crippen LogP contribution in [0.5, 0.6) is 0 Å². The smallest absolute Gasteiger partial charge is 0.227 e. The lowest BCUT2D eigenvalue weighted by molar-refractivity contribution is -0.139. The minimum atomic E-state index is -0.0246. The molecule has 2 aliphatic heterocycles. The van der Waals surface area contributed by atoms with Gasteiger partial charge in [0.25, 0.3) is 0 Å². The minimum Gasteiger partial charge on any atom is -0.396 e. The van der Waals surface area contributed by atoms with E-state index in [9.17, 15) is 9.90 Å². The Labute approximate surface area is 155 Å². The summed E-state index contributed by atoms with van der Waals surface area (Å²) in [5.74, 6) is 0.201. The summed E-state index contributed by atoms with van der Waals surface area (Å²) in [6, 6.07) is 8.53. The summed E-state index contributed by atoms with van der Waals surface area (Å²) in [5, 5.41) is 11.2. The molecule has 2 saturated heterocycles. The highest BCUT2D eigenvalue weighted by Crippen LogP contribution is 2.41. The Kier molecular flexibility index (Phi) is 4.53. The van der Waals surface area contributed by atoms with Crippen molar-refractivity contribution in [1.82, 2.24) is 14.4 Å². The molecule has 4 rings (SSSR count). The molecule has 26 heavy (non-hydrogen) atoms. The molecule has 2 aliphatic rings. The average Bonchev–Trinajstić information content (AvgIpc) is 2.97. The third-order valence-corrected chi connectivity index (χ3v) is 6.69. The Morgan fingerprint density at radius 1 is 1.23 bits per heavy atom. The quantitative estimate of drug-likeness (QED) is 0.916. The predicted molar refractivity (Wildman–Crippen MR) is 103 cm³/mol. The van der Waals surface area contributed by atoms with Crippen LogP contribution in [0.1, 0.15) is 24.8 Å². The predicted octanol–water partition coefficient (Wildman–Crippen LogP) is 2.03. The number of likely N-dealkylation sites (tertiary alicyclic amines) is 2. The largest absolute Gasteiger partial charge is 0.396 e. The summed E-state index contributed by atoms with van der Waals surface area (Å²) in [5.41, 5.74) is 2.24. The molecule has 140 valence electrons. The molecular weight excluding hydrogens is 326 g/mol. The molecule has 1 amide bonds. The highest BCUT2D eigenvalue weighted by molar-refractivity contribution is 5.89. The van der Waals surface area contributed by atoms with Crippen LogP contribution in [-0.4, -0.2) is 64.7 Å². The molecule has 0 saturated carbocycles. The summed E-state index contributed by atoms with van der Waals surface area (Å²) in [6.45, 7) is 2.78. The van der Waals surface area contributed by atoms with Gasteiger partial charge < -0.3 is 19.5 Å². The number of hydrogen-bond donors (Lipinski definition) is 1. The van der Waals surface area contributed by atoms with E-state index in [1.807, 2.05) is 24.1 Å². The van der Waals surface area contributed by atoms with Gasteiger partial charge in [0.15, 0.2) is 0 Å². The van der Waals surface area contributed by atoms with E-state index in [4.69, 9.17) is 0 Å². The first kappa shape index (κ1) is 17.6. The highest BCUT2D eigenvalue weighted by Gasteiger charge is 2.47. The standard InChI is InChI=1S/C21H29N3O2/c1-22-10-5-8-21(15-25)9-11-24(14-19(21)22)20(26)12-16-13-23(2)18-7-4-3-6-17(16)18/h3-4,6-7,13,19,25H,5,8-12,14-15H2,1-2H3/t19-,21-/m1/s1. The molecule has 2 fully saturated rings. The first-order chi connectivity index (χ1) is 12.5. The number of rotatable bonds is 3. The van der Waals surface area contributed by atoms with Crippen LogP contribution < -0.4 is 0 Å². The maximum absolute atomic E-state index is 13.0. The lowest BCUT2D eigenvalue weighted by Crippen LogP contribution is -2.62. The fraction of sp³-hybridized carbons (Fsp3) is 0.571. The van der Waals surface area contributed by atoms with Crippen molar-refractivity contribution in [2.75, 3.05) is 33.3 Å². The van der Waals surface area contributed by atoms with Crippen molar-refractivity contribution in [3.63, 3.8) is 0 Å². The van der Waals surface area contributed by atoms with Crippen molar-refractivity contribution in [3.05, 3.63) is 36.0 Å². The minimum absolute atomic E-state index is 0.0246. The van der Waals surface area contributed by atoms with Gasteiger partial charge in [-0.3, -0.25) is 4.79 Å². The van der Waals surface area contributed by atoms with Crippen LogP contribution in [0, 0.1) is 5.41 Å². The van der Waals surface area contributed by atoms with Gasteiger partial charge in [-0.25, -0.2) is 0 Å². The molecule has 5 nitrogen and oxygen atoms in total. The highest BCUT2D eigenvalue weighted by atomic mass is 16.3. The van der Waals surface area contributed by atoms with Crippen LogP contribution in [-0.2, 0) is 18.3 Å². The van der Waals surface area contributed by atoms with Gasteiger partial charge in [0.05, 0.1) is 13.0 Å². The molecule has 1 N–H and O–H groups in total. The molecule has 5 heteroatoms. The molecule has 1 aromatic carbocycles. The molecule has 0 bridgehead atoms. The number of aliphatic hydroxyl groups excluding tert-OH is 1. The van der Waals surface area contributed by atoms with E-state index in [-0.39, 0.29) is 24.0 Å². The van der Waals surface area contributed by atoms with E-state index in [1.165, 1.54) is 10.9 Å². The zero-order chi connectivity index (χ0) is 18.3. The molecule has 3 heterocycles. The van der Waals surface area contributed by atoms with E-state index < -0.39 is 0 Å². The molecular formula is C21H29N3O2. The van der Waals surface area contributed by atoms with Gasteiger partial charge in [-0.05, 0) is 44.5 Å². The van der Waals surface area contributed by atoms with E-state index in [0.717, 1.165) is 44.5 Å². The maximum atomic E-state index is 13.0. The molecule has 2 aromatic rings. The van der Waals surface area contributed by atoms with Crippen LogP contribution in [0.15, 0.2) is 30.5 Å². The Balaban J connectivity index is 1.52. The van der Waals surface area contributed by atoms with Crippen molar-refractivity contribution in [1.29, 1.82) is 0 Å². The number of aliphatic hydroxyl groups is 1. The summed E-state index contributed by atoms with van der Waals surface area (Å²) < 4.78 is 2.10. The van der Waals surface area contributed by atoms with E-state index in [2.05, 4.69) is 34.8 Å². The summed E-state index contributed by atoms with van der Waals surface area (Å²) in [4.78, 5) is 17.4. The number of aryl methyl sites for hydroxylation is 1. The number of amides is 1. The number of benzene rings is 1. The summed E-state index contributed by atoms with van der Waals surface area (Å²) in [7, 11) is 4.16. The van der Waals surface area contributed by atoms with Crippen molar-refractivity contribution in [2.24, 2.45) is 12.5 Å². The molecule has 0 spiro atoms. The van der Waals surface area contributed by atoms with E-state index in [0.29, 0.717) is 6.42 Å². The van der Waals surface area contributed by atoms with Crippen LogP contribution in [0.2, 0.25) is 0 Å². The zero-order valence-electron chi connectivity index (χ0n) is 15.8. The van der Waals surface area contributed by atoms with Crippen LogP contribution in [0.4, 0.5) is 0 Å². The number of nitrogens with zero attached hydrogens (tertiary/aromatic N) is 3. The number of fused-ring (bicyclic) bond motifs is 2. The second-order valence-corrected chi connectivity index (χ2v) is 8.17. The van der Waals surface area contributed by atoms with Crippen LogP contribution in [0.3, 0.4) is 0 Å². The molecule has 1 aromatic heterocycles. The third-order valence-electron chi connectivity index (χ3n) is 6.69. The monoisotopic (exact) mass is 355 g/mol. The first-order valence-corrected chi connectivity index (χ1v) is 9.66. The van der Waals surface area contributed by atoms with Gasteiger partial charge in [0, 0.05) is 48.7 Å². The summed E-state index contributed by atoms with van der Waals surface area (Å²) >= 11 is 0. The topological polar surface area (TPSA) is 48.7 Å². The normalized spacial score (nSPS) is 26.9. The zero-order valence-corrected chi connectivity index (χ0v) is 15.8. The van der Waals surface area contributed by atoms with E-state index >= 15 is 0 Å². The third kappa shape index (κ3) is 2.83. The molecule has 0 aliphatic carbocycles. The number of aromatic nitrogens is 1. The lowest BCUT2D eigenvalue weighted by atomic mass is 9.69. The molecule has 0 unspecified atom stereocenters. The number of likely N-dealkylation sites (N-methyl/N-ethyl adjacent to an activating group) is 1. The average molecular weight is 355 g/mol. The summed E-state index contributed by atoms with van der Waals surface area (Å²) in [6.07, 6.45) is 5.64. The Bertz CT molecular complexity index is 815. The number of para-hydroxylation sites is 1. The van der Waals surface area contributed by atoms with Crippen molar-refractivity contribution < 1.29 is 9.90 Å². The van der Waals surface area contributed by atoms with Gasteiger partial charge >= 0.3 is 0 Å². The number of piperidine rings is 2. The Hall–Kier alpha value is -1.85. The van der Waals surface area contributed by atoms with Gasteiger partial charge in [-0.1, -0.05) is 18.2 Å². The SMILES string of the molecule is CN1CCC[C@]2(CO)CCN(C(=O)Cc3cn(C)c4ccccc34)C[C@@H]12. The number of carbonyl (C=O) groups excluding carboxylic acids is 1. The van der Waals surface area contributed by atoms with Crippen LogP contribution >= 0.6 is 0 Å². The second-order valence-electron chi connectivity index (χ2n) is 8.17. The second kappa shape index (κ2) is 6.71. The number of carbonyl (C=O) groups is 1. The first-order valence-electron chi connectivity index (χ1n) is 9.66. The maximum Gasteiger partial charge on any atom is 0.227 e. The van der Waals surface area contributed by atoms with Gasteiger partial charge in [0.1, 0.15) is 0 Å². The van der Waals surface area contributed by atoms with E-state index in [1.54, 1.807) is 0 Å². The van der Waals surface area contributed by atoms with Crippen molar-refractivity contribution in [2.45, 2.75) is 31.7 Å². The van der Waals surface area contributed by atoms with Gasteiger partial charge in [-0.15, -0.1) is 0 Å². The lowest BCUT2D eigenvalue weighted by Gasteiger charge is -2.53. The Morgan fingerprint density at radius 2 is 2.04 bits per heavy atom. The fourth-order valence-electron chi connectivity index (χ4n) is 5.08. The molecule has 2 atom stereocenters. The van der Waals surface area contributed by atoms with Gasteiger partial charge in [0.2, 0.25) is 5.91 Å². The number of hydrogen-bond acceptors (Lipinski definition) is 3. The van der Waals surface area contributed by atoms with Crippen molar-refractivity contribution in [3.8, 4) is 0 Å². The Morgan fingerprint density at radius 3 is 2.85 bits per heavy atom. The van der Waals surface area contributed by atoms with Crippen molar-refractivity contribution >= 4 is 16.8 Å². The van der Waals surface area contributed by atoms with Gasteiger partial charge in [-0.2, -0.15) is 0 Å². The molecule has 0 radical (unpaired) electrons.